The lowest BCUT2D eigenvalue weighted by atomic mass is 10.1. The third-order valence-electron chi connectivity index (χ3n) is 5.63. The highest BCUT2D eigenvalue weighted by atomic mass is 127. The average Bonchev–Trinajstić information content (AvgIpc) is 3.38. The number of aromatic nitrogens is 1. The number of carbonyl (C=O) groups excluding carboxylic acids is 1. The van der Waals surface area contributed by atoms with Crippen LogP contribution >= 0.6 is 35.3 Å². The van der Waals surface area contributed by atoms with Gasteiger partial charge in [0.2, 0.25) is 5.91 Å². The van der Waals surface area contributed by atoms with Crippen molar-refractivity contribution in [3.8, 4) is 0 Å². The van der Waals surface area contributed by atoms with Crippen LogP contribution in [0.25, 0.3) is 10.9 Å². The van der Waals surface area contributed by atoms with Crippen molar-refractivity contribution in [1.29, 1.82) is 0 Å². The van der Waals surface area contributed by atoms with Crippen molar-refractivity contribution in [3.63, 3.8) is 0 Å². The van der Waals surface area contributed by atoms with E-state index in [1.165, 1.54) is 32.5 Å². The number of aliphatic imine (C=N–C) groups is 1. The van der Waals surface area contributed by atoms with E-state index in [9.17, 15) is 4.79 Å². The summed E-state index contributed by atoms with van der Waals surface area (Å²) in [6.45, 7) is 5.03. The fourth-order valence-corrected chi connectivity index (χ4v) is 4.84. The minimum Gasteiger partial charge on any atom is -0.361 e. The molecule has 1 aliphatic rings. The Kier molecular flexibility index (Phi) is 8.36. The number of H-pyrrole nitrogens is 1. The Morgan fingerprint density at radius 2 is 2.10 bits per heavy atom. The molecular weight excluding hydrogens is 521 g/mol. The van der Waals surface area contributed by atoms with Crippen LogP contribution < -0.4 is 10.6 Å². The van der Waals surface area contributed by atoms with Crippen LogP contribution in [0.2, 0.25) is 0 Å². The summed E-state index contributed by atoms with van der Waals surface area (Å²) in [5, 5.41) is 10.00. The monoisotopic (exact) mass is 551 g/mol. The Morgan fingerprint density at radius 1 is 1.26 bits per heavy atom. The number of aromatic amines is 1. The predicted octanol–water partition coefficient (Wildman–Crippen LogP) is 3.84. The van der Waals surface area contributed by atoms with E-state index in [2.05, 4.69) is 63.4 Å². The lowest BCUT2D eigenvalue weighted by molar-refractivity contribution is -0.131. The number of nitrogens with zero attached hydrogens (tertiary/aromatic N) is 2. The largest absolute Gasteiger partial charge is 0.361 e. The number of amides is 1. The number of guanidine groups is 1. The van der Waals surface area contributed by atoms with Gasteiger partial charge in [0, 0.05) is 61.6 Å². The van der Waals surface area contributed by atoms with Crippen LogP contribution in [0, 0.1) is 6.92 Å². The molecule has 1 aliphatic heterocycles. The second-order valence-corrected chi connectivity index (χ2v) is 8.72. The number of halogens is 1. The van der Waals surface area contributed by atoms with Crippen LogP contribution in [0.15, 0.2) is 40.8 Å². The second-order valence-electron chi connectivity index (χ2n) is 7.72. The fourth-order valence-electron chi connectivity index (χ4n) is 3.95. The molecule has 1 aromatic carbocycles. The summed E-state index contributed by atoms with van der Waals surface area (Å²) in [6.07, 6.45) is 4.43. The summed E-state index contributed by atoms with van der Waals surface area (Å²) >= 11 is 1.80. The van der Waals surface area contributed by atoms with Gasteiger partial charge < -0.3 is 20.5 Å². The minimum atomic E-state index is 0. The third kappa shape index (κ3) is 5.79. The molecule has 0 radical (unpaired) electrons. The van der Waals surface area contributed by atoms with Gasteiger partial charge in [0.05, 0.1) is 0 Å². The average molecular weight is 551 g/mol. The minimum absolute atomic E-state index is 0. The molecule has 8 heteroatoms. The van der Waals surface area contributed by atoms with Gasteiger partial charge in [0.1, 0.15) is 0 Å². The number of hydrogen-bond acceptors (Lipinski definition) is 3. The molecule has 6 nitrogen and oxygen atoms in total. The molecule has 0 bridgehead atoms. The Bertz CT molecular complexity index is 1060. The molecule has 3 heterocycles. The highest BCUT2D eigenvalue weighted by Crippen LogP contribution is 2.24. The standard InChI is InChI=1S/C23H29N5OS.HI/c1-16-3-4-19-17(14-27-20(19)13-16)5-9-25-23(24-2)26-10-6-22(29)28-11-7-21-18(15-28)8-12-30-21;/h3-4,8,12-14,27H,5-7,9-11,15H2,1-2H3,(H2,24,25,26);1H. The van der Waals surface area contributed by atoms with Crippen LogP contribution in [0.5, 0.6) is 0 Å². The molecule has 31 heavy (non-hydrogen) atoms. The molecule has 3 aromatic rings. The van der Waals surface area contributed by atoms with Gasteiger partial charge >= 0.3 is 0 Å². The molecule has 166 valence electrons. The first-order chi connectivity index (χ1) is 14.6. The molecule has 0 spiro atoms. The molecule has 3 N–H and O–H groups in total. The van der Waals surface area contributed by atoms with Crippen molar-refractivity contribution in [2.24, 2.45) is 4.99 Å². The van der Waals surface area contributed by atoms with Crippen molar-refractivity contribution >= 4 is 58.1 Å². The molecule has 0 saturated heterocycles. The molecule has 0 atom stereocenters. The number of carbonyl (C=O) groups is 1. The van der Waals surface area contributed by atoms with Gasteiger partial charge in [0.25, 0.3) is 0 Å². The number of thiophene rings is 1. The number of hydrogen-bond donors (Lipinski definition) is 3. The van der Waals surface area contributed by atoms with E-state index in [-0.39, 0.29) is 29.9 Å². The van der Waals surface area contributed by atoms with E-state index >= 15 is 0 Å². The topological polar surface area (TPSA) is 72.5 Å². The van der Waals surface area contributed by atoms with Gasteiger partial charge in [-0.05, 0) is 54.0 Å². The molecule has 0 aliphatic carbocycles. The summed E-state index contributed by atoms with van der Waals surface area (Å²) in [7, 11) is 1.76. The molecule has 0 fully saturated rings. The first-order valence-electron chi connectivity index (χ1n) is 10.5. The predicted molar refractivity (Wildman–Crippen MR) is 140 cm³/mol. The van der Waals surface area contributed by atoms with Crippen molar-refractivity contribution in [1.82, 2.24) is 20.5 Å². The van der Waals surface area contributed by atoms with Crippen molar-refractivity contribution in [2.75, 3.05) is 26.7 Å². The molecule has 0 saturated carbocycles. The van der Waals surface area contributed by atoms with Crippen LogP contribution in [0.3, 0.4) is 0 Å². The second kappa shape index (κ2) is 11.0. The molecule has 2 aromatic heterocycles. The smallest absolute Gasteiger partial charge is 0.224 e. The Balaban J connectivity index is 0.00000272. The highest BCUT2D eigenvalue weighted by molar-refractivity contribution is 14.0. The summed E-state index contributed by atoms with van der Waals surface area (Å²) in [6, 6.07) is 8.63. The Labute approximate surface area is 204 Å². The zero-order valence-corrected chi connectivity index (χ0v) is 21.2. The summed E-state index contributed by atoms with van der Waals surface area (Å²) in [5.41, 5.74) is 5.03. The number of aryl methyl sites for hydroxylation is 1. The molecule has 4 rings (SSSR count). The molecular formula is C23H30IN5OS. The summed E-state index contributed by atoms with van der Waals surface area (Å²) < 4.78 is 0. The van der Waals surface area contributed by atoms with Gasteiger partial charge in [-0.3, -0.25) is 9.79 Å². The zero-order chi connectivity index (χ0) is 20.9. The maximum absolute atomic E-state index is 12.5. The maximum atomic E-state index is 12.5. The molecule has 0 unspecified atom stereocenters. The lowest BCUT2D eigenvalue weighted by Crippen LogP contribution is -2.41. The van der Waals surface area contributed by atoms with Gasteiger partial charge in [-0.2, -0.15) is 0 Å². The van der Waals surface area contributed by atoms with Crippen LogP contribution in [-0.2, 0) is 24.2 Å². The first-order valence-corrected chi connectivity index (χ1v) is 11.4. The fraction of sp³-hybridized carbons (Fsp3) is 0.391. The number of benzene rings is 1. The lowest BCUT2D eigenvalue weighted by Gasteiger charge is -2.27. The maximum Gasteiger partial charge on any atom is 0.224 e. The van der Waals surface area contributed by atoms with E-state index in [0.29, 0.717) is 13.0 Å². The van der Waals surface area contributed by atoms with Gasteiger partial charge in [-0.25, -0.2) is 0 Å². The third-order valence-corrected chi connectivity index (χ3v) is 6.65. The SMILES string of the molecule is CN=C(NCCC(=O)N1CCc2sccc2C1)NCCc1c[nH]c2cc(C)ccc12.I. The van der Waals surface area contributed by atoms with E-state index in [0.717, 1.165) is 38.4 Å². The van der Waals surface area contributed by atoms with Crippen molar-refractivity contribution < 1.29 is 4.79 Å². The quantitative estimate of drug-likeness (QED) is 0.248. The number of nitrogens with one attached hydrogen (secondary N) is 3. The van der Waals surface area contributed by atoms with Crippen molar-refractivity contribution in [2.45, 2.75) is 32.7 Å². The number of fused-ring (bicyclic) bond motifs is 2. The Hall–Kier alpha value is -2.07. The van der Waals surface area contributed by atoms with Gasteiger partial charge in [-0.15, -0.1) is 35.3 Å². The summed E-state index contributed by atoms with van der Waals surface area (Å²) in [4.78, 5) is 23.6. The van der Waals surface area contributed by atoms with E-state index in [1.807, 2.05) is 4.90 Å². The Morgan fingerprint density at radius 3 is 2.94 bits per heavy atom. The van der Waals surface area contributed by atoms with Crippen LogP contribution in [0.4, 0.5) is 0 Å². The number of rotatable bonds is 6. The first kappa shape index (κ1) is 23.6. The van der Waals surface area contributed by atoms with Crippen molar-refractivity contribution in [3.05, 3.63) is 57.4 Å². The molecule has 1 amide bonds. The van der Waals surface area contributed by atoms with Crippen LogP contribution in [0.1, 0.15) is 28.0 Å². The van der Waals surface area contributed by atoms with E-state index < -0.39 is 0 Å². The normalized spacial score (nSPS) is 13.6. The van der Waals surface area contributed by atoms with Gasteiger partial charge in [0.15, 0.2) is 5.96 Å². The zero-order valence-electron chi connectivity index (χ0n) is 18.0. The summed E-state index contributed by atoms with van der Waals surface area (Å²) in [5.74, 6) is 0.932. The van der Waals surface area contributed by atoms with Gasteiger partial charge in [-0.1, -0.05) is 12.1 Å². The highest BCUT2D eigenvalue weighted by Gasteiger charge is 2.21. The van der Waals surface area contributed by atoms with E-state index in [4.69, 9.17) is 0 Å². The van der Waals surface area contributed by atoms with Crippen LogP contribution in [-0.4, -0.2) is 48.4 Å². The van der Waals surface area contributed by atoms with E-state index in [1.54, 1.807) is 18.4 Å².